The number of methoxy groups -OCH3 is 1. The number of fused-ring (bicyclic) bond motifs is 1. The topological polar surface area (TPSA) is 92.9 Å². The van der Waals surface area contributed by atoms with E-state index in [1.54, 1.807) is 0 Å². The number of ether oxygens (including phenoxy) is 1. The molecule has 2 aromatic rings. The smallest absolute Gasteiger partial charge is 0.330 e. The van der Waals surface area contributed by atoms with Gasteiger partial charge in [0.1, 0.15) is 5.65 Å². The summed E-state index contributed by atoms with van der Waals surface area (Å²) in [6.07, 6.45) is 1.90. The lowest BCUT2D eigenvalue weighted by Gasteiger charge is -2.13. The molecule has 0 aliphatic heterocycles. The van der Waals surface area contributed by atoms with Crippen molar-refractivity contribution in [2.24, 2.45) is 0 Å². The Kier molecular flexibility index (Phi) is 4.77. The standard InChI is InChI=1S/C15H19N3O4/c1-9-5-4-6-18-12(10(2)16-14(9)18)7-13(20)17-11(8-19)15(21)22-3/h4-6,11,19H,7-8H2,1-3H3,(H,17,20). The number of nitrogens with one attached hydrogen (secondary N) is 1. The van der Waals surface area contributed by atoms with Crippen molar-refractivity contribution in [1.82, 2.24) is 14.7 Å². The lowest BCUT2D eigenvalue weighted by atomic mass is 10.2. The predicted molar refractivity (Wildman–Crippen MR) is 79.4 cm³/mol. The molecule has 0 aromatic carbocycles. The fourth-order valence-electron chi connectivity index (χ4n) is 2.30. The molecule has 0 aliphatic rings. The summed E-state index contributed by atoms with van der Waals surface area (Å²) in [5, 5.41) is 11.6. The van der Waals surface area contributed by atoms with Crippen LogP contribution in [-0.2, 0) is 20.7 Å². The van der Waals surface area contributed by atoms with Crippen LogP contribution in [0.15, 0.2) is 18.3 Å². The summed E-state index contributed by atoms with van der Waals surface area (Å²) in [5.41, 5.74) is 3.32. The summed E-state index contributed by atoms with van der Waals surface area (Å²) in [7, 11) is 1.20. The van der Waals surface area contributed by atoms with Crippen LogP contribution in [-0.4, -0.2) is 46.1 Å². The number of carbonyl (C=O) groups excluding carboxylic acids is 2. The number of hydrogen-bond acceptors (Lipinski definition) is 5. The van der Waals surface area contributed by atoms with Crippen LogP contribution in [0, 0.1) is 13.8 Å². The first-order valence-corrected chi connectivity index (χ1v) is 6.89. The molecule has 2 heterocycles. The highest BCUT2D eigenvalue weighted by molar-refractivity contribution is 5.85. The van der Waals surface area contributed by atoms with Crippen molar-refractivity contribution in [3.63, 3.8) is 0 Å². The number of hydrogen-bond donors (Lipinski definition) is 2. The maximum Gasteiger partial charge on any atom is 0.330 e. The maximum atomic E-state index is 12.1. The van der Waals surface area contributed by atoms with Crippen LogP contribution in [0.25, 0.3) is 5.65 Å². The number of imidazole rings is 1. The first-order valence-electron chi connectivity index (χ1n) is 6.89. The molecule has 1 unspecified atom stereocenters. The number of aliphatic hydroxyl groups excluding tert-OH is 1. The quantitative estimate of drug-likeness (QED) is 0.767. The van der Waals surface area contributed by atoms with Gasteiger partial charge in [-0.05, 0) is 25.5 Å². The molecule has 0 bridgehead atoms. The van der Waals surface area contributed by atoms with Crippen LogP contribution in [0.3, 0.4) is 0 Å². The van der Waals surface area contributed by atoms with E-state index in [9.17, 15) is 9.59 Å². The van der Waals surface area contributed by atoms with E-state index in [4.69, 9.17) is 5.11 Å². The van der Waals surface area contributed by atoms with Gasteiger partial charge in [0.25, 0.3) is 0 Å². The minimum atomic E-state index is -1.06. The van der Waals surface area contributed by atoms with Crippen LogP contribution in [0.1, 0.15) is 17.0 Å². The number of esters is 1. The van der Waals surface area contributed by atoms with Crippen molar-refractivity contribution in [2.45, 2.75) is 26.3 Å². The maximum absolute atomic E-state index is 12.1. The van der Waals surface area contributed by atoms with Gasteiger partial charge < -0.3 is 19.6 Å². The van der Waals surface area contributed by atoms with Gasteiger partial charge in [0.15, 0.2) is 6.04 Å². The van der Waals surface area contributed by atoms with Crippen LogP contribution < -0.4 is 5.32 Å². The van der Waals surface area contributed by atoms with Crippen molar-refractivity contribution < 1.29 is 19.4 Å². The molecule has 7 heteroatoms. The van der Waals surface area contributed by atoms with E-state index < -0.39 is 18.6 Å². The molecule has 118 valence electrons. The number of rotatable bonds is 5. The summed E-state index contributed by atoms with van der Waals surface area (Å²) >= 11 is 0. The first kappa shape index (κ1) is 16.0. The number of pyridine rings is 1. The Morgan fingerprint density at radius 2 is 2.18 bits per heavy atom. The van der Waals surface area contributed by atoms with Crippen molar-refractivity contribution in [3.8, 4) is 0 Å². The summed E-state index contributed by atoms with van der Waals surface area (Å²) in [5.74, 6) is -1.06. The molecule has 0 spiro atoms. The molecule has 2 N–H and O–H groups in total. The van der Waals surface area contributed by atoms with Crippen molar-refractivity contribution in [1.29, 1.82) is 0 Å². The molecular formula is C15H19N3O4. The third kappa shape index (κ3) is 3.09. The zero-order valence-corrected chi connectivity index (χ0v) is 12.8. The molecule has 0 radical (unpaired) electrons. The van der Waals surface area contributed by atoms with Gasteiger partial charge in [0.2, 0.25) is 5.91 Å². The summed E-state index contributed by atoms with van der Waals surface area (Å²) in [4.78, 5) is 28.0. The first-order chi connectivity index (χ1) is 10.5. The summed E-state index contributed by atoms with van der Waals surface area (Å²) < 4.78 is 6.38. The fraction of sp³-hybridized carbons (Fsp3) is 0.400. The third-order valence-electron chi connectivity index (χ3n) is 3.48. The molecule has 0 aliphatic carbocycles. The van der Waals surface area contributed by atoms with E-state index >= 15 is 0 Å². The number of aryl methyl sites for hydroxylation is 2. The SMILES string of the molecule is COC(=O)C(CO)NC(=O)Cc1c(C)nc2c(C)cccn12. The second kappa shape index (κ2) is 6.57. The Morgan fingerprint density at radius 1 is 1.45 bits per heavy atom. The van der Waals surface area contributed by atoms with Crippen LogP contribution in [0.5, 0.6) is 0 Å². The molecule has 0 saturated carbocycles. The van der Waals surface area contributed by atoms with E-state index in [0.29, 0.717) is 0 Å². The molecule has 7 nitrogen and oxygen atoms in total. The van der Waals surface area contributed by atoms with Gasteiger partial charge >= 0.3 is 5.97 Å². The Bertz CT molecular complexity index is 708. The summed E-state index contributed by atoms with van der Waals surface area (Å²) in [6, 6.07) is 2.78. The van der Waals surface area contributed by atoms with E-state index in [1.807, 2.05) is 36.6 Å². The summed E-state index contributed by atoms with van der Waals surface area (Å²) in [6.45, 7) is 3.27. The van der Waals surface area contributed by atoms with Gasteiger partial charge in [-0.15, -0.1) is 0 Å². The molecular weight excluding hydrogens is 286 g/mol. The molecule has 2 rings (SSSR count). The van der Waals surface area contributed by atoms with Gasteiger partial charge in [0, 0.05) is 6.20 Å². The lowest BCUT2D eigenvalue weighted by molar-refractivity contribution is -0.146. The second-order valence-corrected chi connectivity index (χ2v) is 5.03. The van der Waals surface area contributed by atoms with Gasteiger partial charge in [-0.25, -0.2) is 9.78 Å². The zero-order chi connectivity index (χ0) is 16.3. The van der Waals surface area contributed by atoms with Crippen LogP contribution in [0.2, 0.25) is 0 Å². The monoisotopic (exact) mass is 305 g/mol. The van der Waals surface area contributed by atoms with E-state index in [0.717, 1.165) is 22.6 Å². The van der Waals surface area contributed by atoms with E-state index in [-0.39, 0.29) is 12.3 Å². The van der Waals surface area contributed by atoms with Gasteiger partial charge in [0.05, 0.1) is 31.5 Å². The molecule has 0 saturated heterocycles. The third-order valence-corrected chi connectivity index (χ3v) is 3.48. The zero-order valence-electron chi connectivity index (χ0n) is 12.8. The van der Waals surface area contributed by atoms with Crippen molar-refractivity contribution >= 4 is 17.5 Å². The molecule has 0 fully saturated rings. The number of carbonyl (C=O) groups is 2. The van der Waals surface area contributed by atoms with Crippen LogP contribution in [0.4, 0.5) is 0 Å². The average molecular weight is 305 g/mol. The second-order valence-electron chi connectivity index (χ2n) is 5.03. The Morgan fingerprint density at radius 3 is 2.82 bits per heavy atom. The van der Waals surface area contributed by atoms with Crippen molar-refractivity contribution in [2.75, 3.05) is 13.7 Å². The van der Waals surface area contributed by atoms with E-state index in [1.165, 1.54) is 7.11 Å². The fourth-order valence-corrected chi connectivity index (χ4v) is 2.30. The largest absolute Gasteiger partial charge is 0.467 e. The number of amides is 1. The number of aromatic nitrogens is 2. The minimum Gasteiger partial charge on any atom is -0.467 e. The Labute approximate surface area is 127 Å². The number of nitrogens with zero attached hydrogens (tertiary/aromatic N) is 2. The highest BCUT2D eigenvalue weighted by atomic mass is 16.5. The highest BCUT2D eigenvalue weighted by Gasteiger charge is 2.22. The number of aliphatic hydroxyl groups is 1. The minimum absolute atomic E-state index is 0.0595. The Balaban J connectivity index is 2.20. The van der Waals surface area contributed by atoms with E-state index in [2.05, 4.69) is 15.0 Å². The van der Waals surface area contributed by atoms with Crippen molar-refractivity contribution in [3.05, 3.63) is 35.3 Å². The van der Waals surface area contributed by atoms with Crippen LogP contribution >= 0.6 is 0 Å². The molecule has 2 aromatic heterocycles. The lowest BCUT2D eigenvalue weighted by Crippen LogP contribution is -2.44. The molecule has 1 atom stereocenters. The predicted octanol–water partition coefficient (Wildman–Crippen LogP) is 0.144. The highest BCUT2D eigenvalue weighted by Crippen LogP contribution is 2.15. The van der Waals surface area contributed by atoms with Gasteiger partial charge in [-0.1, -0.05) is 6.07 Å². The molecule has 1 amide bonds. The van der Waals surface area contributed by atoms with Gasteiger partial charge in [-0.2, -0.15) is 0 Å². The molecule has 22 heavy (non-hydrogen) atoms. The normalized spacial score (nSPS) is 12.2. The van der Waals surface area contributed by atoms with Gasteiger partial charge in [-0.3, -0.25) is 4.79 Å². The Hall–Kier alpha value is -2.41. The average Bonchev–Trinajstić information content (AvgIpc) is 2.82.